The lowest BCUT2D eigenvalue weighted by Crippen LogP contribution is -2.46. The Balaban J connectivity index is 1.65. The minimum atomic E-state index is -0.220. The molecule has 0 bridgehead atoms. The van der Waals surface area contributed by atoms with E-state index in [2.05, 4.69) is 15.4 Å². The number of amides is 2. The summed E-state index contributed by atoms with van der Waals surface area (Å²) in [5.41, 5.74) is 2.97. The molecule has 1 aliphatic heterocycles. The Morgan fingerprint density at radius 2 is 2.38 bits per heavy atom. The zero-order valence-corrected chi connectivity index (χ0v) is 14.2. The molecule has 2 aromatic rings. The Hall–Kier alpha value is -2.26. The number of nitrogens with zero attached hydrogens (tertiary/aromatic N) is 4. The van der Waals surface area contributed by atoms with Gasteiger partial charge in [-0.25, -0.2) is 4.98 Å². The van der Waals surface area contributed by atoms with Gasteiger partial charge >= 0.3 is 0 Å². The fraction of sp³-hybridized carbons (Fsp3) is 0.467. The molecule has 0 radical (unpaired) electrons. The van der Waals surface area contributed by atoms with Crippen LogP contribution >= 0.6 is 11.3 Å². The van der Waals surface area contributed by atoms with Crippen LogP contribution in [0.1, 0.15) is 29.1 Å². The Morgan fingerprint density at radius 1 is 1.50 bits per heavy atom. The van der Waals surface area contributed by atoms with Gasteiger partial charge in [-0.2, -0.15) is 5.10 Å². The fourth-order valence-electron chi connectivity index (χ4n) is 2.63. The van der Waals surface area contributed by atoms with Gasteiger partial charge in [0.25, 0.3) is 5.91 Å². The first-order valence-electron chi connectivity index (χ1n) is 7.73. The van der Waals surface area contributed by atoms with Gasteiger partial charge in [0, 0.05) is 31.3 Å². The number of carbonyl (C=O) groups excluding carboxylic acids is 2. The number of thiazole rings is 1. The van der Waals surface area contributed by atoms with Crippen molar-refractivity contribution in [1.29, 1.82) is 0 Å². The molecule has 2 amide bonds. The normalized spacial score (nSPS) is 16.7. The van der Waals surface area contributed by atoms with Crippen molar-refractivity contribution in [3.05, 3.63) is 34.5 Å². The summed E-state index contributed by atoms with van der Waals surface area (Å²) in [5, 5.41) is 8.88. The van der Waals surface area contributed by atoms with Crippen LogP contribution < -0.4 is 5.32 Å². The Morgan fingerprint density at radius 3 is 3.12 bits per heavy atom. The molecule has 0 aromatic carbocycles. The highest BCUT2D eigenvalue weighted by Crippen LogP contribution is 2.20. The van der Waals surface area contributed by atoms with Gasteiger partial charge in [-0.15, -0.1) is 11.3 Å². The second kappa shape index (κ2) is 7.54. The minimum absolute atomic E-state index is 0.0554. The van der Waals surface area contributed by atoms with Crippen molar-refractivity contribution in [2.75, 3.05) is 26.3 Å². The molecule has 24 heavy (non-hydrogen) atoms. The fourth-order valence-corrected chi connectivity index (χ4v) is 3.17. The zero-order chi connectivity index (χ0) is 16.9. The number of nitrogens with one attached hydrogen (secondary N) is 1. The van der Waals surface area contributed by atoms with Gasteiger partial charge in [-0.1, -0.05) is 0 Å². The average Bonchev–Trinajstić information content (AvgIpc) is 3.27. The van der Waals surface area contributed by atoms with Gasteiger partial charge in [-0.3, -0.25) is 14.3 Å². The predicted octanol–water partition coefficient (Wildman–Crippen LogP) is 0.689. The maximum atomic E-state index is 12.2. The van der Waals surface area contributed by atoms with Crippen molar-refractivity contribution in [2.24, 2.45) is 0 Å². The van der Waals surface area contributed by atoms with Gasteiger partial charge in [0.2, 0.25) is 5.91 Å². The van der Waals surface area contributed by atoms with Crippen molar-refractivity contribution in [3.8, 4) is 0 Å². The van der Waals surface area contributed by atoms with Crippen molar-refractivity contribution >= 4 is 23.2 Å². The molecule has 0 spiro atoms. The standard InChI is InChI=1S/C15H19N5O3S/c1-2-23-8-14(21)19-6-11-3-4-18-20(11)12(7-19)5-16-15(22)13-9-24-10-17-13/h3-4,9-10,12H,2,5-8H2,1H3,(H,16,22)/t12-/m1/s1. The van der Waals surface area contributed by atoms with Crippen LogP contribution in [0.2, 0.25) is 0 Å². The zero-order valence-electron chi connectivity index (χ0n) is 13.3. The molecule has 3 rings (SSSR count). The third kappa shape index (κ3) is 3.62. The lowest BCUT2D eigenvalue weighted by molar-refractivity contribution is -0.138. The highest BCUT2D eigenvalue weighted by atomic mass is 32.1. The quantitative estimate of drug-likeness (QED) is 0.829. The Bertz CT molecular complexity index is 700. The van der Waals surface area contributed by atoms with Crippen molar-refractivity contribution < 1.29 is 14.3 Å². The minimum Gasteiger partial charge on any atom is -0.372 e. The summed E-state index contributed by atoms with van der Waals surface area (Å²) < 4.78 is 7.08. The van der Waals surface area contributed by atoms with E-state index < -0.39 is 0 Å². The van der Waals surface area contributed by atoms with E-state index in [1.54, 1.807) is 22.0 Å². The molecule has 3 heterocycles. The van der Waals surface area contributed by atoms with Crippen molar-refractivity contribution in [3.63, 3.8) is 0 Å². The molecule has 0 fully saturated rings. The number of hydrogen-bond acceptors (Lipinski definition) is 6. The molecule has 0 saturated heterocycles. The molecule has 1 N–H and O–H groups in total. The first kappa shape index (κ1) is 16.6. The summed E-state index contributed by atoms with van der Waals surface area (Å²) in [6, 6.07) is 1.77. The van der Waals surface area contributed by atoms with E-state index in [1.807, 2.05) is 17.7 Å². The summed E-state index contributed by atoms with van der Waals surface area (Å²) in [7, 11) is 0. The third-order valence-electron chi connectivity index (χ3n) is 3.83. The maximum absolute atomic E-state index is 12.2. The Labute approximate surface area is 143 Å². The van der Waals surface area contributed by atoms with Gasteiger partial charge in [0.05, 0.1) is 23.8 Å². The molecule has 0 saturated carbocycles. The van der Waals surface area contributed by atoms with Crippen molar-refractivity contribution in [2.45, 2.75) is 19.5 Å². The molecule has 1 aliphatic rings. The van der Waals surface area contributed by atoms with E-state index in [9.17, 15) is 9.59 Å². The van der Waals surface area contributed by atoms with Crippen LogP contribution in [0.25, 0.3) is 0 Å². The van der Waals surface area contributed by atoms with E-state index in [0.717, 1.165) is 5.69 Å². The summed E-state index contributed by atoms with van der Waals surface area (Å²) in [4.78, 5) is 30.0. The number of carbonyl (C=O) groups is 2. The van der Waals surface area contributed by atoms with E-state index in [1.165, 1.54) is 11.3 Å². The molecular formula is C15H19N5O3S. The second-order valence-corrected chi connectivity index (χ2v) is 6.13. The highest BCUT2D eigenvalue weighted by Gasteiger charge is 2.28. The van der Waals surface area contributed by atoms with Crippen LogP contribution in [-0.4, -0.2) is 57.8 Å². The molecule has 0 aliphatic carbocycles. The van der Waals surface area contributed by atoms with Crippen LogP contribution in [0.5, 0.6) is 0 Å². The van der Waals surface area contributed by atoms with Gasteiger partial charge in [-0.05, 0) is 13.0 Å². The van der Waals surface area contributed by atoms with Crippen molar-refractivity contribution in [1.82, 2.24) is 25.0 Å². The molecule has 8 nitrogen and oxygen atoms in total. The number of fused-ring (bicyclic) bond motifs is 1. The molecular weight excluding hydrogens is 330 g/mol. The molecule has 1 atom stereocenters. The number of aromatic nitrogens is 3. The van der Waals surface area contributed by atoms with Crippen LogP contribution in [-0.2, 0) is 16.1 Å². The smallest absolute Gasteiger partial charge is 0.270 e. The summed E-state index contributed by atoms with van der Waals surface area (Å²) >= 11 is 1.37. The Kier molecular flexibility index (Phi) is 5.21. The SMILES string of the molecule is CCOCC(=O)N1Cc2ccnn2[C@H](CNC(=O)c2cscn2)C1. The van der Waals surface area contributed by atoms with Crippen LogP contribution in [0.4, 0.5) is 0 Å². The predicted molar refractivity (Wildman–Crippen MR) is 87.6 cm³/mol. The second-order valence-electron chi connectivity index (χ2n) is 5.42. The van der Waals surface area contributed by atoms with E-state index in [0.29, 0.717) is 31.9 Å². The lowest BCUT2D eigenvalue weighted by Gasteiger charge is -2.34. The summed E-state index contributed by atoms with van der Waals surface area (Å²) in [6.07, 6.45) is 1.71. The van der Waals surface area contributed by atoms with Crippen LogP contribution in [0, 0.1) is 0 Å². The van der Waals surface area contributed by atoms with Crippen LogP contribution in [0.3, 0.4) is 0 Å². The topological polar surface area (TPSA) is 89.4 Å². The number of rotatable bonds is 6. The summed E-state index contributed by atoms with van der Waals surface area (Å²) in [6.45, 7) is 3.80. The average molecular weight is 349 g/mol. The lowest BCUT2D eigenvalue weighted by atomic mass is 10.2. The molecule has 9 heteroatoms. The summed E-state index contributed by atoms with van der Waals surface area (Å²) in [5.74, 6) is -0.275. The molecule has 0 unspecified atom stereocenters. The van der Waals surface area contributed by atoms with E-state index >= 15 is 0 Å². The van der Waals surface area contributed by atoms with Crippen LogP contribution in [0.15, 0.2) is 23.2 Å². The maximum Gasteiger partial charge on any atom is 0.270 e. The first-order chi connectivity index (χ1) is 11.7. The number of ether oxygens (including phenoxy) is 1. The van der Waals surface area contributed by atoms with E-state index in [-0.39, 0.29) is 24.5 Å². The van der Waals surface area contributed by atoms with Gasteiger partial charge in [0.15, 0.2) is 0 Å². The van der Waals surface area contributed by atoms with E-state index in [4.69, 9.17) is 4.74 Å². The first-order valence-corrected chi connectivity index (χ1v) is 8.67. The van der Waals surface area contributed by atoms with Gasteiger partial charge < -0.3 is 15.0 Å². The largest absolute Gasteiger partial charge is 0.372 e. The monoisotopic (exact) mass is 349 g/mol. The highest BCUT2D eigenvalue weighted by molar-refractivity contribution is 7.07. The van der Waals surface area contributed by atoms with Gasteiger partial charge in [0.1, 0.15) is 12.3 Å². The molecule has 2 aromatic heterocycles. The number of hydrogen-bond donors (Lipinski definition) is 1. The third-order valence-corrected chi connectivity index (χ3v) is 4.41. The molecule has 128 valence electrons.